The van der Waals surface area contributed by atoms with Gasteiger partial charge in [0.1, 0.15) is 5.60 Å². The summed E-state index contributed by atoms with van der Waals surface area (Å²) in [5.41, 5.74) is 0.0602. The van der Waals surface area contributed by atoms with Crippen molar-refractivity contribution in [1.82, 2.24) is 10.5 Å². The van der Waals surface area contributed by atoms with Gasteiger partial charge in [0.05, 0.1) is 6.61 Å². The van der Waals surface area contributed by atoms with Gasteiger partial charge in [0.15, 0.2) is 11.5 Å². The highest BCUT2D eigenvalue weighted by Gasteiger charge is 2.32. The highest BCUT2D eigenvalue weighted by atomic mass is 16.5. The first-order chi connectivity index (χ1) is 10.2. The number of nitrogens with one attached hydrogen (secondary N) is 1. The number of carbonyl (C=O) groups excluding carboxylic acids is 1. The Hall–Kier alpha value is -2.18. The van der Waals surface area contributed by atoms with Gasteiger partial charge in [-0.25, -0.2) is 0 Å². The molecule has 0 radical (unpaired) electrons. The molecule has 3 rings (SSSR count). The number of aliphatic hydroxyl groups is 1. The molecular formula is C15H16N2O4. The van der Waals surface area contributed by atoms with Gasteiger partial charge in [-0.3, -0.25) is 4.79 Å². The van der Waals surface area contributed by atoms with Crippen molar-refractivity contribution in [2.24, 2.45) is 0 Å². The highest BCUT2D eigenvalue weighted by molar-refractivity contribution is 5.93. The molecule has 1 fully saturated rings. The molecule has 1 saturated heterocycles. The summed E-state index contributed by atoms with van der Waals surface area (Å²) in [6.45, 7) is 0.884. The number of ether oxygens (including phenoxy) is 1. The van der Waals surface area contributed by atoms with Crippen LogP contribution in [0.15, 0.2) is 40.9 Å². The Balaban J connectivity index is 1.64. The van der Waals surface area contributed by atoms with Crippen LogP contribution in [0.4, 0.5) is 0 Å². The zero-order valence-corrected chi connectivity index (χ0v) is 11.4. The van der Waals surface area contributed by atoms with E-state index in [9.17, 15) is 9.90 Å². The van der Waals surface area contributed by atoms with Crippen molar-refractivity contribution in [3.05, 3.63) is 42.1 Å². The molecule has 0 aliphatic carbocycles. The van der Waals surface area contributed by atoms with Gasteiger partial charge in [0, 0.05) is 31.2 Å². The molecule has 0 bridgehead atoms. The van der Waals surface area contributed by atoms with E-state index in [1.165, 1.54) is 0 Å². The lowest BCUT2D eigenvalue weighted by molar-refractivity contribution is 0.0263. The Labute approximate surface area is 121 Å². The summed E-state index contributed by atoms with van der Waals surface area (Å²) in [5.74, 6) is 0.157. The molecule has 1 aliphatic rings. The number of rotatable bonds is 4. The first-order valence-corrected chi connectivity index (χ1v) is 6.77. The van der Waals surface area contributed by atoms with E-state index < -0.39 is 5.60 Å². The Morgan fingerprint density at radius 1 is 1.38 bits per heavy atom. The van der Waals surface area contributed by atoms with Gasteiger partial charge in [-0.15, -0.1) is 0 Å². The maximum absolute atomic E-state index is 12.0. The Morgan fingerprint density at radius 2 is 2.19 bits per heavy atom. The minimum atomic E-state index is -0.984. The predicted octanol–water partition coefficient (Wildman–Crippen LogP) is 1.22. The second kappa shape index (κ2) is 5.67. The lowest BCUT2D eigenvalue weighted by Crippen LogP contribution is -2.43. The van der Waals surface area contributed by atoms with Gasteiger partial charge < -0.3 is 19.7 Å². The number of nitrogens with zero attached hydrogens (tertiary/aromatic N) is 1. The largest absolute Gasteiger partial charge is 0.386 e. The fourth-order valence-electron chi connectivity index (χ4n) is 2.19. The van der Waals surface area contributed by atoms with E-state index >= 15 is 0 Å². The molecule has 2 aromatic rings. The summed E-state index contributed by atoms with van der Waals surface area (Å²) >= 11 is 0. The second-order valence-corrected chi connectivity index (χ2v) is 5.15. The molecule has 0 spiro atoms. The average molecular weight is 288 g/mol. The molecule has 1 atom stereocenters. The van der Waals surface area contributed by atoms with Crippen LogP contribution in [0.5, 0.6) is 0 Å². The van der Waals surface area contributed by atoms with Crippen LogP contribution in [0.25, 0.3) is 11.3 Å². The zero-order chi connectivity index (χ0) is 14.7. The van der Waals surface area contributed by atoms with E-state index in [0.717, 1.165) is 5.56 Å². The molecule has 6 nitrogen and oxygen atoms in total. The summed E-state index contributed by atoms with van der Waals surface area (Å²) < 4.78 is 10.3. The number of aromatic nitrogens is 1. The summed E-state index contributed by atoms with van der Waals surface area (Å²) in [7, 11) is 0. The number of hydrogen-bond donors (Lipinski definition) is 2. The Morgan fingerprint density at radius 3 is 2.90 bits per heavy atom. The molecule has 1 aliphatic heterocycles. The maximum Gasteiger partial charge on any atom is 0.273 e. The summed E-state index contributed by atoms with van der Waals surface area (Å²) in [4.78, 5) is 12.0. The SMILES string of the molecule is O=C(NCC1(O)CCOC1)c1cc(-c2ccccc2)on1. The molecule has 6 heteroatoms. The number of carbonyl (C=O) groups is 1. The van der Waals surface area contributed by atoms with E-state index in [1.807, 2.05) is 30.3 Å². The second-order valence-electron chi connectivity index (χ2n) is 5.15. The van der Waals surface area contributed by atoms with Crippen LogP contribution in [-0.2, 0) is 4.74 Å². The molecule has 110 valence electrons. The standard InChI is InChI=1S/C15H16N2O4/c18-14(16-9-15(19)6-7-20-10-15)12-8-13(21-17-12)11-4-2-1-3-5-11/h1-5,8,19H,6-7,9-10H2,(H,16,18). The Bertz CT molecular complexity index is 618. The van der Waals surface area contributed by atoms with Crippen LogP contribution >= 0.6 is 0 Å². The fourth-order valence-corrected chi connectivity index (χ4v) is 2.19. The summed E-state index contributed by atoms with van der Waals surface area (Å²) in [6, 6.07) is 11.0. The lowest BCUT2D eigenvalue weighted by Gasteiger charge is -2.19. The predicted molar refractivity (Wildman–Crippen MR) is 74.7 cm³/mol. The monoisotopic (exact) mass is 288 g/mol. The quantitative estimate of drug-likeness (QED) is 0.883. The van der Waals surface area contributed by atoms with Crippen molar-refractivity contribution in [1.29, 1.82) is 0 Å². The summed E-state index contributed by atoms with van der Waals surface area (Å²) in [6.07, 6.45) is 0.515. The first-order valence-electron chi connectivity index (χ1n) is 6.77. The summed E-state index contributed by atoms with van der Waals surface area (Å²) in [5, 5.41) is 16.5. The van der Waals surface area contributed by atoms with Gasteiger partial charge in [-0.1, -0.05) is 35.5 Å². The van der Waals surface area contributed by atoms with Gasteiger partial charge >= 0.3 is 0 Å². The van der Waals surface area contributed by atoms with Crippen LogP contribution in [-0.4, -0.2) is 41.5 Å². The number of hydrogen-bond acceptors (Lipinski definition) is 5. The van der Waals surface area contributed by atoms with Crippen LogP contribution in [0.2, 0.25) is 0 Å². The maximum atomic E-state index is 12.0. The topological polar surface area (TPSA) is 84.6 Å². The fraction of sp³-hybridized carbons (Fsp3) is 0.333. The van der Waals surface area contributed by atoms with Crippen LogP contribution in [0.3, 0.4) is 0 Å². The van der Waals surface area contributed by atoms with Crippen molar-refractivity contribution in [3.8, 4) is 11.3 Å². The smallest absolute Gasteiger partial charge is 0.273 e. The van der Waals surface area contributed by atoms with Crippen molar-refractivity contribution < 1.29 is 19.2 Å². The molecular weight excluding hydrogens is 272 g/mol. The van der Waals surface area contributed by atoms with Crippen LogP contribution in [0.1, 0.15) is 16.9 Å². The number of benzene rings is 1. The van der Waals surface area contributed by atoms with E-state index in [-0.39, 0.29) is 24.8 Å². The minimum Gasteiger partial charge on any atom is -0.386 e. The molecule has 1 amide bonds. The Kier molecular flexibility index (Phi) is 3.72. The molecule has 0 saturated carbocycles. The van der Waals surface area contributed by atoms with E-state index in [1.54, 1.807) is 6.07 Å². The van der Waals surface area contributed by atoms with Crippen molar-refractivity contribution in [3.63, 3.8) is 0 Å². The first kappa shape index (κ1) is 13.8. The highest BCUT2D eigenvalue weighted by Crippen LogP contribution is 2.20. The third-order valence-electron chi connectivity index (χ3n) is 3.46. The third-order valence-corrected chi connectivity index (χ3v) is 3.46. The molecule has 2 N–H and O–H groups in total. The molecule has 1 aromatic heterocycles. The van der Waals surface area contributed by atoms with Gasteiger partial charge in [0.2, 0.25) is 0 Å². The zero-order valence-electron chi connectivity index (χ0n) is 11.4. The van der Waals surface area contributed by atoms with Gasteiger partial charge in [0.25, 0.3) is 5.91 Å². The molecule has 2 heterocycles. The molecule has 1 unspecified atom stereocenters. The third kappa shape index (κ3) is 3.12. The average Bonchev–Trinajstić information content (AvgIpc) is 3.16. The van der Waals surface area contributed by atoms with E-state index in [4.69, 9.17) is 9.26 Å². The van der Waals surface area contributed by atoms with Crippen molar-refractivity contribution in [2.75, 3.05) is 19.8 Å². The van der Waals surface area contributed by atoms with Crippen LogP contribution < -0.4 is 5.32 Å². The molecule has 1 aromatic carbocycles. The van der Waals surface area contributed by atoms with E-state index in [0.29, 0.717) is 18.8 Å². The number of amides is 1. The van der Waals surface area contributed by atoms with Crippen LogP contribution in [0, 0.1) is 0 Å². The normalized spacial score (nSPS) is 21.4. The van der Waals surface area contributed by atoms with Crippen molar-refractivity contribution >= 4 is 5.91 Å². The van der Waals surface area contributed by atoms with E-state index in [2.05, 4.69) is 10.5 Å². The van der Waals surface area contributed by atoms with Gasteiger partial charge in [-0.2, -0.15) is 0 Å². The minimum absolute atomic E-state index is 0.138. The van der Waals surface area contributed by atoms with Gasteiger partial charge in [-0.05, 0) is 0 Å². The lowest BCUT2D eigenvalue weighted by atomic mass is 10.0. The van der Waals surface area contributed by atoms with Crippen molar-refractivity contribution in [2.45, 2.75) is 12.0 Å². The molecule has 21 heavy (non-hydrogen) atoms.